The van der Waals surface area contributed by atoms with Crippen LogP contribution in [0.1, 0.15) is 44.0 Å². The number of carbonyl (C=O) groups excluding carboxylic acids is 1. The summed E-state index contributed by atoms with van der Waals surface area (Å²) in [5, 5.41) is 6.07. The van der Waals surface area contributed by atoms with Gasteiger partial charge in [-0.2, -0.15) is 0 Å². The van der Waals surface area contributed by atoms with Crippen LogP contribution >= 0.6 is 12.2 Å². The van der Waals surface area contributed by atoms with Crippen molar-refractivity contribution in [2.24, 2.45) is 5.73 Å². The van der Waals surface area contributed by atoms with Crippen LogP contribution in [-0.4, -0.2) is 28.0 Å². The number of nitrogens with zero attached hydrogens (tertiary/aromatic N) is 1. The molecule has 0 saturated heterocycles. The Hall–Kier alpha value is -1.69. The van der Waals surface area contributed by atoms with Crippen molar-refractivity contribution in [1.29, 1.82) is 0 Å². The van der Waals surface area contributed by atoms with Crippen LogP contribution in [-0.2, 0) is 4.79 Å². The molecular formula is C15H24N4OS. The van der Waals surface area contributed by atoms with E-state index in [0.717, 1.165) is 16.8 Å². The second-order valence-electron chi connectivity index (χ2n) is 6.14. The Labute approximate surface area is 131 Å². The minimum absolute atomic E-state index is 0.00347. The normalized spacial score (nSPS) is 11.1. The van der Waals surface area contributed by atoms with Crippen LogP contribution in [0.2, 0.25) is 0 Å². The number of carbonyl (C=O) groups is 1. The van der Waals surface area contributed by atoms with Gasteiger partial charge in [-0.1, -0.05) is 12.2 Å². The number of aryl methyl sites for hydroxylation is 2. The van der Waals surface area contributed by atoms with Gasteiger partial charge in [0.1, 0.15) is 10.8 Å². The monoisotopic (exact) mass is 308 g/mol. The molecular weight excluding hydrogens is 284 g/mol. The lowest BCUT2D eigenvalue weighted by atomic mass is 10.1. The van der Waals surface area contributed by atoms with E-state index in [9.17, 15) is 4.79 Å². The summed E-state index contributed by atoms with van der Waals surface area (Å²) in [6.45, 7) is 10.2. The van der Waals surface area contributed by atoms with Crippen molar-refractivity contribution < 1.29 is 4.79 Å². The van der Waals surface area contributed by atoms with Crippen LogP contribution in [0, 0.1) is 13.8 Å². The molecule has 1 heterocycles. The number of anilines is 1. The summed E-state index contributed by atoms with van der Waals surface area (Å²) < 4.78 is 0. The van der Waals surface area contributed by atoms with Crippen molar-refractivity contribution in [2.45, 2.75) is 46.6 Å². The molecule has 5 nitrogen and oxygen atoms in total. The first-order valence-electron chi connectivity index (χ1n) is 6.93. The Morgan fingerprint density at radius 3 is 2.52 bits per heavy atom. The topological polar surface area (TPSA) is 80.0 Å². The maximum absolute atomic E-state index is 11.8. The van der Waals surface area contributed by atoms with E-state index in [2.05, 4.69) is 15.6 Å². The van der Waals surface area contributed by atoms with Crippen LogP contribution < -0.4 is 16.4 Å². The fourth-order valence-electron chi connectivity index (χ4n) is 2.05. The van der Waals surface area contributed by atoms with Gasteiger partial charge < -0.3 is 16.4 Å². The summed E-state index contributed by atoms with van der Waals surface area (Å²) in [4.78, 5) is 16.5. The molecule has 1 aromatic heterocycles. The molecule has 1 rings (SSSR count). The number of nitrogens with one attached hydrogen (secondary N) is 2. The van der Waals surface area contributed by atoms with E-state index in [4.69, 9.17) is 18.0 Å². The van der Waals surface area contributed by atoms with Crippen molar-refractivity contribution in [3.63, 3.8) is 0 Å². The molecule has 21 heavy (non-hydrogen) atoms. The summed E-state index contributed by atoms with van der Waals surface area (Å²) in [5.74, 6) is 0.639. The predicted molar refractivity (Wildman–Crippen MR) is 90.6 cm³/mol. The van der Waals surface area contributed by atoms with E-state index in [0.29, 0.717) is 23.8 Å². The zero-order chi connectivity index (χ0) is 16.2. The van der Waals surface area contributed by atoms with E-state index in [-0.39, 0.29) is 11.4 Å². The average Bonchev–Trinajstić information content (AvgIpc) is 2.24. The van der Waals surface area contributed by atoms with Gasteiger partial charge in [-0.05, 0) is 46.2 Å². The third-order valence-electron chi connectivity index (χ3n) is 2.75. The third kappa shape index (κ3) is 5.67. The van der Waals surface area contributed by atoms with E-state index < -0.39 is 0 Å². The molecule has 0 radical (unpaired) electrons. The minimum atomic E-state index is -0.223. The minimum Gasteiger partial charge on any atom is -0.389 e. The summed E-state index contributed by atoms with van der Waals surface area (Å²) >= 11 is 5.07. The van der Waals surface area contributed by atoms with E-state index >= 15 is 0 Å². The van der Waals surface area contributed by atoms with E-state index in [1.165, 1.54) is 0 Å². The molecule has 0 fully saturated rings. The highest BCUT2D eigenvalue weighted by Crippen LogP contribution is 2.18. The summed E-state index contributed by atoms with van der Waals surface area (Å²) in [6.07, 6.45) is 0.364. The number of nitrogens with two attached hydrogens (primary N) is 1. The molecule has 0 aliphatic heterocycles. The van der Waals surface area contributed by atoms with Crippen molar-refractivity contribution in [3.05, 3.63) is 22.9 Å². The highest BCUT2D eigenvalue weighted by atomic mass is 32.1. The van der Waals surface area contributed by atoms with Gasteiger partial charge in [0.15, 0.2) is 0 Å². The molecule has 0 atom stereocenters. The number of thiocarbonyl (C=S) groups is 1. The van der Waals surface area contributed by atoms with Crippen molar-refractivity contribution in [1.82, 2.24) is 10.3 Å². The molecule has 1 aromatic rings. The fourth-order valence-corrected chi connectivity index (χ4v) is 2.31. The molecule has 6 heteroatoms. The van der Waals surface area contributed by atoms with Gasteiger partial charge >= 0.3 is 0 Å². The predicted octanol–water partition coefficient (Wildman–Crippen LogP) is 2.05. The Morgan fingerprint density at radius 2 is 2.00 bits per heavy atom. The van der Waals surface area contributed by atoms with E-state index in [1.807, 2.05) is 40.7 Å². The number of hydrogen-bond acceptors (Lipinski definition) is 4. The Balaban J connectivity index is 2.72. The Kier molecular flexibility index (Phi) is 5.66. The second kappa shape index (κ2) is 6.85. The smallest absolute Gasteiger partial charge is 0.222 e. The average molecular weight is 308 g/mol. The number of pyridine rings is 1. The van der Waals surface area contributed by atoms with Gasteiger partial charge in [0.05, 0.1) is 5.56 Å². The quantitative estimate of drug-likeness (QED) is 0.726. The van der Waals surface area contributed by atoms with Crippen LogP contribution in [0.15, 0.2) is 6.07 Å². The maximum atomic E-state index is 11.8. The molecule has 116 valence electrons. The largest absolute Gasteiger partial charge is 0.389 e. The SMILES string of the molecule is Cc1cc(C)c(C(N)=S)c(NCCC(=O)NC(C)(C)C)n1. The number of rotatable bonds is 5. The van der Waals surface area contributed by atoms with Gasteiger partial charge in [-0.15, -0.1) is 0 Å². The van der Waals surface area contributed by atoms with Gasteiger partial charge in [0.2, 0.25) is 5.91 Å². The van der Waals surface area contributed by atoms with Crippen molar-refractivity contribution >= 4 is 28.9 Å². The highest BCUT2D eigenvalue weighted by Gasteiger charge is 2.14. The lowest BCUT2D eigenvalue weighted by Gasteiger charge is -2.20. The van der Waals surface area contributed by atoms with Crippen LogP contribution in [0.25, 0.3) is 0 Å². The zero-order valence-corrected chi connectivity index (χ0v) is 14.1. The summed E-state index contributed by atoms with van der Waals surface area (Å²) in [5.41, 5.74) is 8.14. The molecule has 0 aliphatic carbocycles. The molecule has 0 aromatic carbocycles. The lowest BCUT2D eigenvalue weighted by molar-refractivity contribution is -0.122. The first kappa shape index (κ1) is 17.4. The Morgan fingerprint density at radius 1 is 1.38 bits per heavy atom. The first-order valence-corrected chi connectivity index (χ1v) is 7.34. The van der Waals surface area contributed by atoms with Gasteiger partial charge in [0, 0.05) is 24.2 Å². The highest BCUT2D eigenvalue weighted by molar-refractivity contribution is 7.80. The van der Waals surface area contributed by atoms with Gasteiger partial charge in [-0.3, -0.25) is 4.79 Å². The van der Waals surface area contributed by atoms with Crippen LogP contribution in [0.3, 0.4) is 0 Å². The number of hydrogen-bond donors (Lipinski definition) is 3. The van der Waals surface area contributed by atoms with Crippen LogP contribution in [0.4, 0.5) is 5.82 Å². The second-order valence-corrected chi connectivity index (χ2v) is 6.58. The van der Waals surface area contributed by atoms with Gasteiger partial charge in [-0.25, -0.2) is 4.98 Å². The molecule has 1 amide bonds. The summed E-state index contributed by atoms with van der Waals surface area (Å²) in [7, 11) is 0. The molecule has 0 bridgehead atoms. The van der Waals surface area contributed by atoms with Crippen molar-refractivity contribution in [2.75, 3.05) is 11.9 Å². The number of amides is 1. The van der Waals surface area contributed by atoms with Crippen molar-refractivity contribution in [3.8, 4) is 0 Å². The standard InChI is InChI=1S/C15H24N4OS/c1-9-8-10(2)18-14(12(9)13(16)21)17-7-6-11(20)19-15(3,4)5/h8H,6-7H2,1-5H3,(H2,16,21)(H,17,18)(H,19,20). The van der Waals surface area contributed by atoms with Gasteiger partial charge in [0.25, 0.3) is 0 Å². The first-order chi connectivity index (χ1) is 9.60. The summed E-state index contributed by atoms with van der Waals surface area (Å²) in [6, 6.07) is 1.94. The third-order valence-corrected chi connectivity index (χ3v) is 2.95. The Bertz CT molecular complexity index is 549. The van der Waals surface area contributed by atoms with Crippen LogP contribution in [0.5, 0.6) is 0 Å². The lowest BCUT2D eigenvalue weighted by Crippen LogP contribution is -2.41. The number of aromatic nitrogens is 1. The van der Waals surface area contributed by atoms with E-state index in [1.54, 1.807) is 0 Å². The molecule has 0 saturated carbocycles. The zero-order valence-electron chi connectivity index (χ0n) is 13.3. The molecule has 0 aliphatic rings. The maximum Gasteiger partial charge on any atom is 0.222 e. The molecule has 0 spiro atoms. The molecule has 4 N–H and O–H groups in total. The fraction of sp³-hybridized carbons (Fsp3) is 0.533. The molecule has 0 unspecified atom stereocenters.